The van der Waals surface area contributed by atoms with Crippen LogP contribution in [0.2, 0.25) is 0 Å². The molecule has 4 heteroatoms. The van der Waals surface area contributed by atoms with E-state index >= 15 is 0 Å². The molecule has 1 aromatic rings. The van der Waals surface area contributed by atoms with Crippen LogP contribution in [-0.2, 0) is 17.8 Å². The zero-order valence-corrected chi connectivity index (χ0v) is 10.2. The summed E-state index contributed by atoms with van der Waals surface area (Å²) in [5.41, 5.74) is 7.38. The molecular formula is C11H16BrNO2. The quantitative estimate of drug-likeness (QED) is 0.772. The summed E-state index contributed by atoms with van der Waals surface area (Å²) < 4.78 is 6.28. The molecule has 0 aliphatic rings. The third-order valence-corrected chi connectivity index (χ3v) is 2.61. The summed E-state index contributed by atoms with van der Waals surface area (Å²) in [5.74, 6) is 0. The van der Waals surface area contributed by atoms with Gasteiger partial charge in [0.05, 0.1) is 19.8 Å². The Kier molecular flexibility index (Phi) is 5.86. The Labute approximate surface area is 98.4 Å². The van der Waals surface area contributed by atoms with E-state index in [-0.39, 0.29) is 6.61 Å². The topological polar surface area (TPSA) is 55.5 Å². The van der Waals surface area contributed by atoms with Gasteiger partial charge in [0.25, 0.3) is 0 Å². The lowest BCUT2D eigenvalue weighted by molar-refractivity contribution is 0.144. The smallest absolute Gasteiger partial charge is 0.0684 e. The van der Waals surface area contributed by atoms with Crippen molar-refractivity contribution in [1.29, 1.82) is 0 Å². The summed E-state index contributed by atoms with van der Waals surface area (Å²) in [7, 11) is 0. The Morgan fingerprint density at radius 1 is 1.27 bits per heavy atom. The molecule has 1 aromatic carbocycles. The number of hydrogen-bond acceptors (Lipinski definition) is 3. The molecule has 0 spiro atoms. The van der Waals surface area contributed by atoms with Crippen LogP contribution in [0.15, 0.2) is 22.7 Å². The first-order valence-electron chi connectivity index (χ1n) is 4.94. The van der Waals surface area contributed by atoms with Crippen molar-refractivity contribution in [2.45, 2.75) is 13.0 Å². The summed E-state index contributed by atoms with van der Waals surface area (Å²) in [6.45, 7) is 1.84. The van der Waals surface area contributed by atoms with Crippen molar-refractivity contribution >= 4 is 15.9 Å². The van der Waals surface area contributed by atoms with E-state index < -0.39 is 0 Å². The fourth-order valence-electron chi connectivity index (χ4n) is 1.35. The number of rotatable bonds is 6. The fraction of sp³-hybridized carbons (Fsp3) is 0.455. The number of ether oxygens (including phenoxy) is 1. The highest BCUT2D eigenvalue weighted by atomic mass is 79.9. The molecule has 0 aliphatic carbocycles. The van der Waals surface area contributed by atoms with Gasteiger partial charge in [0, 0.05) is 11.0 Å². The van der Waals surface area contributed by atoms with E-state index in [0.717, 1.165) is 22.0 Å². The summed E-state index contributed by atoms with van der Waals surface area (Å²) >= 11 is 3.37. The van der Waals surface area contributed by atoms with Gasteiger partial charge in [0.1, 0.15) is 0 Å². The minimum absolute atomic E-state index is 0.0612. The predicted octanol–water partition coefficient (Wildman–Crippen LogP) is 1.46. The minimum atomic E-state index is 0.0612. The standard InChI is InChI=1S/C11H16BrNO2/c12-11-2-1-9(10(7-11)8-14)3-5-15-6-4-13/h1-2,7,14H,3-6,8,13H2. The number of benzene rings is 1. The Hall–Kier alpha value is -0.420. The van der Waals surface area contributed by atoms with Gasteiger partial charge in [0.15, 0.2) is 0 Å². The summed E-state index contributed by atoms with van der Waals surface area (Å²) in [4.78, 5) is 0. The first kappa shape index (κ1) is 12.6. The zero-order chi connectivity index (χ0) is 11.1. The van der Waals surface area contributed by atoms with Gasteiger partial charge in [-0.2, -0.15) is 0 Å². The highest BCUT2D eigenvalue weighted by Gasteiger charge is 2.02. The van der Waals surface area contributed by atoms with E-state index in [1.54, 1.807) is 0 Å². The molecule has 0 saturated heterocycles. The Morgan fingerprint density at radius 2 is 2.07 bits per heavy atom. The Balaban J connectivity index is 2.52. The van der Waals surface area contributed by atoms with Gasteiger partial charge in [-0.15, -0.1) is 0 Å². The summed E-state index contributed by atoms with van der Waals surface area (Å²) in [5, 5.41) is 9.16. The Morgan fingerprint density at radius 3 is 2.73 bits per heavy atom. The second-order valence-electron chi connectivity index (χ2n) is 3.22. The normalized spacial score (nSPS) is 10.6. The molecule has 0 fully saturated rings. The van der Waals surface area contributed by atoms with Crippen molar-refractivity contribution in [1.82, 2.24) is 0 Å². The third-order valence-electron chi connectivity index (χ3n) is 2.12. The zero-order valence-electron chi connectivity index (χ0n) is 8.58. The van der Waals surface area contributed by atoms with Crippen LogP contribution < -0.4 is 5.73 Å². The van der Waals surface area contributed by atoms with Crippen molar-refractivity contribution < 1.29 is 9.84 Å². The molecule has 0 saturated carbocycles. The van der Waals surface area contributed by atoms with E-state index in [4.69, 9.17) is 15.6 Å². The average Bonchev–Trinajstić information content (AvgIpc) is 2.26. The molecule has 0 aromatic heterocycles. The van der Waals surface area contributed by atoms with Gasteiger partial charge in [-0.1, -0.05) is 22.0 Å². The van der Waals surface area contributed by atoms with Gasteiger partial charge in [-0.05, 0) is 29.7 Å². The van der Waals surface area contributed by atoms with Gasteiger partial charge in [0.2, 0.25) is 0 Å². The van der Waals surface area contributed by atoms with Crippen molar-refractivity contribution in [3.63, 3.8) is 0 Å². The van der Waals surface area contributed by atoms with Crippen molar-refractivity contribution in [2.24, 2.45) is 5.73 Å². The van der Waals surface area contributed by atoms with E-state index in [1.165, 1.54) is 0 Å². The van der Waals surface area contributed by atoms with Crippen LogP contribution in [0.1, 0.15) is 11.1 Å². The highest BCUT2D eigenvalue weighted by molar-refractivity contribution is 9.10. The number of hydrogen-bond donors (Lipinski definition) is 2. The maximum Gasteiger partial charge on any atom is 0.0684 e. The van der Waals surface area contributed by atoms with Crippen LogP contribution in [0.25, 0.3) is 0 Å². The van der Waals surface area contributed by atoms with Gasteiger partial charge >= 0.3 is 0 Å². The van der Waals surface area contributed by atoms with Crippen LogP contribution in [-0.4, -0.2) is 24.9 Å². The first-order valence-corrected chi connectivity index (χ1v) is 5.73. The lowest BCUT2D eigenvalue weighted by atomic mass is 10.1. The molecule has 0 bridgehead atoms. The molecule has 0 atom stereocenters. The summed E-state index contributed by atoms with van der Waals surface area (Å²) in [6.07, 6.45) is 0.809. The van der Waals surface area contributed by atoms with Crippen LogP contribution >= 0.6 is 15.9 Å². The number of aliphatic hydroxyl groups is 1. The Bertz CT molecular complexity index is 305. The van der Waals surface area contributed by atoms with Crippen LogP contribution in [0.3, 0.4) is 0 Å². The molecule has 0 unspecified atom stereocenters. The molecule has 3 N–H and O–H groups in total. The third kappa shape index (κ3) is 4.30. The SMILES string of the molecule is NCCOCCc1ccc(Br)cc1CO. The molecule has 15 heavy (non-hydrogen) atoms. The van der Waals surface area contributed by atoms with Crippen LogP contribution in [0.4, 0.5) is 0 Å². The summed E-state index contributed by atoms with van der Waals surface area (Å²) in [6, 6.07) is 5.90. The second kappa shape index (κ2) is 6.95. The number of aliphatic hydroxyl groups excluding tert-OH is 1. The lowest BCUT2D eigenvalue weighted by Gasteiger charge is -2.08. The number of halogens is 1. The number of nitrogens with two attached hydrogens (primary N) is 1. The van der Waals surface area contributed by atoms with Crippen LogP contribution in [0.5, 0.6) is 0 Å². The van der Waals surface area contributed by atoms with Crippen molar-refractivity contribution in [3.8, 4) is 0 Å². The molecule has 0 amide bonds. The van der Waals surface area contributed by atoms with E-state index in [2.05, 4.69) is 15.9 Å². The van der Waals surface area contributed by atoms with Crippen molar-refractivity contribution in [2.75, 3.05) is 19.8 Å². The second-order valence-corrected chi connectivity index (χ2v) is 4.14. The maximum absolute atomic E-state index is 9.16. The predicted molar refractivity (Wildman–Crippen MR) is 63.6 cm³/mol. The molecule has 0 aliphatic heterocycles. The molecule has 84 valence electrons. The van der Waals surface area contributed by atoms with Crippen molar-refractivity contribution in [3.05, 3.63) is 33.8 Å². The van der Waals surface area contributed by atoms with Gasteiger partial charge in [-0.25, -0.2) is 0 Å². The molecule has 1 rings (SSSR count). The molecule has 0 heterocycles. The van der Waals surface area contributed by atoms with E-state index in [9.17, 15) is 0 Å². The van der Waals surface area contributed by atoms with Gasteiger partial charge in [-0.3, -0.25) is 0 Å². The molecular weight excluding hydrogens is 258 g/mol. The maximum atomic E-state index is 9.16. The lowest BCUT2D eigenvalue weighted by Crippen LogP contribution is -2.10. The molecule has 3 nitrogen and oxygen atoms in total. The van der Waals surface area contributed by atoms with E-state index in [1.807, 2.05) is 18.2 Å². The fourth-order valence-corrected chi connectivity index (χ4v) is 1.76. The highest BCUT2D eigenvalue weighted by Crippen LogP contribution is 2.17. The first-order chi connectivity index (χ1) is 7.27. The van der Waals surface area contributed by atoms with E-state index in [0.29, 0.717) is 19.8 Å². The minimum Gasteiger partial charge on any atom is -0.392 e. The monoisotopic (exact) mass is 273 g/mol. The van der Waals surface area contributed by atoms with Crippen LogP contribution in [0, 0.1) is 0 Å². The largest absolute Gasteiger partial charge is 0.392 e. The van der Waals surface area contributed by atoms with Gasteiger partial charge < -0.3 is 15.6 Å². The average molecular weight is 274 g/mol. The molecule has 0 radical (unpaired) electrons.